The second kappa shape index (κ2) is 5.27. The van der Waals surface area contributed by atoms with Gasteiger partial charge in [0, 0.05) is 11.6 Å². The molecule has 0 saturated carbocycles. The molecule has 0 unspecified atom stereocenters. The highest BCUT2D eigenvalue weighted by Gasteiger charge is 2.20. The molecule has 0 radical (unpaired) electrons. The second-order valence-corrected chi connectivity index (χ2v) is 4.84. The van der Waals surface area contributed by atoms with Gasteiger partial charge < -0.3 is 20.3 Å². The number of hydrogen-bond donors (Lipinski definition) is 2. The summed E-state index contributed by atoms with van der Waals surface area (Å²) in [5.41, 5.74) is 6.28. The van der Waals surface area contributed by atoms with E-state index in [0.29, 0.717) is 12.0 Å². The summed E-state index contributed by atoms with van der Waals surface area (Å²) in [4.78, 5) is 11.6. The van der Waals surface area contributed by atoms with Crippen LogP contribution >= 0.6 is 0 Å². The van der Waals surface area contributed by atoms with Gasteiger partial charge in [-0.15, -0.1) is 0 Å². The number of nitrogens with two attached hydrogens (primary N) is 1. The molecule has 0 aliphatic heterocycles. The third kappa shape index (κ3) is 3.37. The number of phenolic OH excluding ortho intramolecular Hbond substituents is 1. The molecule has 0 aliphatic carbocycles. The summed E-state index contributed by atoms with van der Waals surface area (Å²) in [5, 5.41) is 9.88. The van der Waals surface area contributed by atoms with E-state index in [-0.39, 0.29) is 17.1 Å². The molecule has 0 amide bonds. The van der Waals surface area contributed by atoms with Crippen LogP contribution in [0.5, 0.6) is 11.5 Å². The SMILES string of the molecule is COC(=O)c1cc(CC(C)(C)N)c(O)cc1OC. The van der Waals surface area contributed by atoms with E-state index in [1.807, 2.05) is 13.8 Å². The minimum absolute atomic E-state index is 0.0537. The number of carbonyl (C=O) groups is 1. The molecular weight excluding hydrogens is 234 g/mol. The first kappa shape index (κ1) is 14.3. The quantitative estimate of drug-likeness (QED) is 0.794. The molecule has 0 aromatic heterocycles. The van der Waals surface area contributed by atoms with E-state index in [4.69, 9.17) is 10.5 Å². The molecule has 0 atom stereocenters. The van der Waals surface area contributed by atoms with Gasteiger partial charge in [-0.3, -0.25) is 0 Å². The molecule has 5 nitrogen and oxygen atoms in total. The van der Waals surface area contributed by atoms with Crippen molar-refractivity contribution in [3.63, 3.8) is 0 Å². The van der Waals surface area contributed by atoms with Crippen LogP contribution in [0.2, 0.25) is 0 Å². The average Bonchev–Trinajstić information content (AvgIpc) is 2.28. The van der Waals surface area contributed by atoms with Gasteiger partial charge in [-0.25, -0.2) is 4.79 Å². The fourth-order valence-corrected chi connectivity index (χ4v) is 1.68. The number of hydrogen-bond acceptors (Lipinski definition) is 5. The lowest BCUT2D eigenvalue weighted by Crippen LogP contribution is -2.34. The molecule has 1 aromatic carbocycles. The van der Waals surface area contributed by atoms with Crippen molar-refractivity contribution in [2.75, 3.05) is 14.2 Å². The Labute approximate surface area is 107 Å². The molecule has 0 heterocycles. The first-order valence-corrected chi connectivity index (χ1v) is 5.55. The van der Waals surface area contributed by atoms with Gasteiger partial charge in [-0.2, -0.15) is 0 Å². The Morgan fingerprint density at radius 2 is 2.00 bits per heavy atom. The number of aromatic hydroxyl groups is 1. The second-order valence-electron chi connectivity index (χ2n) is 4.84. The Morgan fingerprint density at radius 1 is 1.39 bits per heavy atom. The van der Waals surface area contributed by atoms with Gasteiger partial charge >= 0.3 is 5.97 Å². The third-order valence-corrected chi connectivity index (χ3v) is 2.45. The normalized spacial score (nSPS) is 11.2. The van der Waals surface area contributed by atoms with E-state index >= 15 is 0 Å². The number of carbonyl (C=O) groups excluding carboxylic acids is 1. The smallest absolute Gasteiger partial charge is 0.341 e. The van der Waals surface area contributed by atoms with E-state index in [9.17, 15) is 9.90 Å². The molecule has 1 aromatic rings. The average molecular weight is 253 g/mol. The maximum Gasteiger partial charge on any atom is 0.341 e. The van der Waals surface area contributed by atoms with Crippen LogP contribution in [0.1, 0.15) is 29.8 Å². The molecule has 0 spiro atoms. The summed E-state index contributed by atoms with van der Waals surface area (Å²) in [5.74, 6) is -0.182. The van der Waals surface area contributed by atoms with Crippen LogP contribution in [0.25, 0.3) is 0 Å². The standard InChI is InChI=1S/C13H19NO4/c1-13(2,14)7-8-5-9(12(16)18-4)11(17-3)6-10(8)15/h5-6,15H,7,14H2,1-4H3. The molecule has 18 heavy (non-hydrogen) atoms. The summed E-state index contributed by atoms with van der Waals surface area (Å²) in [6.45, 7) is 3.68. The van der Waals surface area contributed by atoms with Gasteiger partial charge in [0.15, 0.2) is 0 Å². The third-order valence-electron chi connectivity index (χ3n) is 2.45. The van der Waals surface area contributed by atoms with Crippen LogP contribution in [0.4, 0.5) is 0 Å². The van der Waals surface area contributed by atoms with Gasteiger partial charge in [-0.1, -0.05) is 0 Å². The van der Waals surface area contributed by atoms with Crippen LogP contribution in [0, 0.1) is 0 Å². The van der Waals surface area contributed by atoms with E-state index < -0.39 is 11.5 Å². The molecule has 3 N–H and O–H groups in total. The first-order chi connectivity index (χ1) is 8.28. The fourth-order valence-electron chi connectivity index (χ4n) is 1.68. The van der Waals surface area contributed by atoms with Crippen molar-refractivity contribution >= 4 is 5.97 Å². The lowest BCUT2D eigenvalue weighted by molar-refractivity contribution is 0.0597. The van der Waals surface area contributed by atoms with E-state index in [2.05, 4.69) is 4.74 Å². The van der Waals surface area contributed by atoms with Gasteiger partial charge in [0.2, 0.25) is 0 Å². The Bertz CT molecular complexity index is 449. The number of ether oxygens (including phenoxy) is 2. The Balaban J connectivity index is 3.25. The molecule has 0 fully saturated rings. The molecule has 1 rings (SSSR count). The van der Waals surface area contributed by atoms with Crippen LogP contribution in [-0.4, -0.2) is 30.8 Å². The molecule has 0 aliphatic rings. The lowest BCUT2D eigenvalue weighted by Gasteiger charge is -2.20. The number of rotatable bonds is 4. The van der Waals surface area contributed by atoms with E-state index in [1.54, 1.807) is 6.07 Å². The zero-order chi connectivity index (χ0) is 13.9. The molecule has 0 saturated heterocycles. The summed E-state index contributed by atoms with van der Waals surface area (Å²) < 4.78 is 9.71. The highest BCUT2D eigenvalue weighted by atomic mass is 16.5. The maximum absolute atomic E-state index is 11.6. The van der Waals surface area contributed by atoms with Gasteiger partial charge in [0.05, 0.1) is 14.2 Å². The molecule has 5 heteroatoms. The maximum atomic E-state index is 11.6. The number of methoxy groups -OCH3 is 2. The lowest BCUT2D eigenvalue weighted by atomic mass is 9.94. The highest BCUT2D eigenvalue weighted by molar-refractivity contribution is 5.93. The van der Waals surface area contributed by atoms with E-state index in [1.165, 1.54) is 20.3 Å². The summed E-state index contributed by atoms with van der Waals surface area (Å²) in [6.07, 6.45) is 0.437. The minimum atomic E-state index is -0.511. The predicted octanol–water partition coefficient (Wildman–Crippen LogP) is 1.47. The highest BCUT2D eigenvalue weighted by Crippen LogP contribution is 2.30. The largest absolute Gasteiger partial charge is 0.508 e. The molecular formula is C13H19NO4. The monoisotopic (exact) mass is 253 g/mol. The van der Waals surface area contributed by atoms with Crippen molar-refractivity contribution in [2.24, 2.45) is 5.73 Å². The Hall–Kier alpha value is -1.75. The molecule has 0 bridgehead atoms. The zero-order valence-corrected chi connectivity index (χ0v) is 11.1. The van der Waals surface area contributed by atoms with Gasteiger partial charge in [-0.05, 0) is 31.9 Å². The fraction of sp³-hybridized carbons (Fsp3) is 0.462. The van der Waals surface area contributed by atoms with Gasteiger partial charge in [0.1, 0.15) is 17.1 Å². The van der Waals surface area contributed by atoms with Crippen molar-refractivity contribution < 1.29 is 19.4 Å². The Kier molecular flexibility index (Phi) is 4.19. The number of benzene rings is 1. The summed E-state index contributed by atoms with van der Waals surface area (Å²) in [6, 6.07) is 2.95. The van der Waals surface area contributed by atoms with Crippen molar-refractivity contribution in [2.45, 2.75) is 25.8 Å². The van der Waals surface area contributed by atoms with Crippen LogP contribution in [-0.2, 0) is 11.2 Å². The van der Waals surface area contributed by atoms with Crippen molar-refractivity contribution in [3.05, 3.63) is 23.3 Å². The minimum Gasteiger partial charge on any atom is -0.508 e. The number of esters is 1. The number of phenols is 1. The van der Waals surface area contributed by atoms with Crippen molar-refractivity contribution in [1.29, 1.82) is 0 Å². The van der Waals surface area contributed by atoms with Gasteiger partial charge in [0.25, 0.3) is 0 Å². The summed E-state index contributed by atoms with van der Waals surface area (Å²) in [7, 11) is 2.72. The summed E-state index contributed by atoms with van der Waals surface area (Å²) >= 11 is 0. The van der Waals surface area contributed by atoms with Crippen molar-refractivity contribution in [3.8, 4) is 11.5 Å². The molecule has 100 valence electrons. The first-order valence-electron chi connectivity index (χ1n) is 5.55. The van der Waals surface area contributed by atoms with Crippen molar-refractivity contribution in [1.82, 2.24) is 0 Å². The Morgan fingerprint density at radius 3 is 2.44 bits per heavy atom. The van der Waals surface area contributed by atoms with Crippen LogP contribution in [0.15, 0.2) is 12.1 Å². The predicted molar refractivity (Wildman–Crippen MR) is 68.0 cm³/mol. The zero-order valence-electron chi connectivity index (χ0n) is 11.1. The van der Waals surface area contributed by atoms with Crippen LogP contribution < -0.4 is 10.5 Å². The van der Waals surface area contributed by atoms with E-state index in [0.717, 1.165) is 0 Å². The topological polar surface area (TPSA) is 81.8 Å². The van der Waals surface area contributed by atoms with Crippen LogP contribution in [0.3, 0.4) is 0 Å².